The third-order valence-electron chi connectivity index (χ3n) is 2.89. The molecule has 112 valence electrons. The van der Waals surface area contributed by atoms with E-state index in [2.05, 4.69) is 5.32 Å². The van der Waals surface area contributed by atoms with Crippen LogP contribution >= 0.6 is 23.2 Å². The van der Waals surface area contributed by atoms with Crippen molar-refractivity contribution in [2.75, 3.05) is 5.32 Å². The summed E-state index contributed by atoms with van der Waals surface area (Å²) < 4.78 is 53.0. The fourth-order valence-corrected chi connectivity index (χ4v) is 2.36. The molecule has 0 amide bonds. The fraction of sp³-hybridized carbons (Fsp3) is 0.143. The van der Waals surface area contributed by atoms with Crippen molar-refractivity contribution in [3.8, 4) is 0 Å². The Morgan fingerprint density at radius 3 is 2.10 bits per heavy atom. The molecular formula is C14H9Cl2F4N. The Labute approximate surface area is 128 Å². The first-order chi connectivity index (χ1) is 9.79. The fourth-order valence-electron chi connectivity index (χ4n) is 1.81. The maximum absolute atomic E-state index is 13.6. The molecule has 1 nitrogen and oxygen atoms in total. The normalized spacial score (nSPS) is 12.3. The summed E-state index contributed by atoms with van der Waals surface area (Å²) in [5.41, 5.74) is 0.0514. The van der Waals surface area contributed by atoms with Crippen LogP contribution in [0.4, 0.5) is 23.2 Å². The Morgan fingerprint density at radius 1 is 0.810 bits per heavy atom. The second-order valence-corrected chi connectivity index (χ2v) is 5.21. The van der Waals surface area contributed by atoms with Crippen LogP contribution in [0, 0.1) is 23.3 Å². The summed E-state index contributed by atoms with van der Waals surface area (Å²) in [6.07, 6.45) is 0. The molecule has 0 aromatic heterocycles. The second-order valence-electron chi connectivity index (χ2n) is 4.40. The molecule has 0 aliphatic rings. The molecule has 2 aromatic carbocycles. The highest BCUT2D eigenvalue weighted by atomic mass is 35.5. The zero-order chi connectivity index (χ0) is 15.7. The molecule has 1 atom stereocenters. The predicted molar refractivity (Wildman–Crippen MR) is 74.8 cm³/mol. The van der Waals surface area contributed by atoms with Gasteiger partial charge in [-0.25, -0.2) is 17.6 Å². The van der Waals surface area contributed by atoms with Gasteiger partial charge in [0.2, 0.25) is 0 Å². The van der Waals surface area contributed by atoms with Gasteiger partial charge in [0, 0.05) is 17.2 Å². The van der Waals surface area contributed by atoms with Crippen molar-refractivity contribution in [1.29, 1.82) is 0 Å². The van der Waals surface area contributed by atoms with Crippen LogP contribution in [0.5, 0.6) is 0 Å². The van der Waals surface area contributed by atoms with Crippen LogP contribution < -0.4 is 5.32 Å². The van der Waals surface area contributed by atoms with Crippen molar-refractivity contribution in [3.63, 3.8) is 0 Å². The van der Waals surface area contributed by atoms with Gasteiger partial charge in [-0.05, 0) is 24.6 Å². The molecule has 21 heavy (non-hydrogen) atoms. The smallest absolute Gasteiger partial charge is 0.161 e. The minimum Gasteiger partial charge on any atom is -0.376 e. The van der Waals surface area contributed by atoms with Gasteiger partial charge in [-0.15, -0.1) is 0 Å². The minimum absolute atomic E-state index is 0.144. The quantitative estimate of drug-likeness (QED) is 0.557. The Balaban J connectivity index is 2.32. The van der Waals surface area contributed by atoms with Crippen LogP contribution in [0.15, 0.2) is 24.3 Å². The highest BCUT2D eigenvalue weighted by molar-refractivity contribution is 6.35. The van der Waals surface area contributed by atoms with E-state index < -0.39 is 29.3 Å². The lowest BCUT2D eigenvalue weighted by Crippen LogP contribution is -2.10. The highest BCUT2D eigenvalue weighted by Gasteiger charge is 2.16. The lowest BCUT2D eigenvalue weighted by molar-refractivity contribution is 0.495. The van der Waals surface area contributed by atoms with Crippen LogP contribution in [-0.2, 0) is 0 Å². The second kappa shape index (κ2) is 6.12. The molecule has 0 saturated carbocycles. The number of hydrogen-bond acceptors (Lipinski definition) is 1. The Morgan fingerprint density at radius 2 is 1.43 bits per heavy atom. The number of halogens is 6. The maximum Gasteiger partial charge on any atom is 0.161 e. The van der Waals surface area contributed by atoms with Crippen molar-refractivity contribution in [2.45, 2.75) is 13.0 Å². The molecule has 0 heterocycles. The summed E-state index contributed by atoms with van der Waals surface area (Å²) in [6, 6.07) is 2.77. The minimum atomic E-state index is -1.29. The first-order valence-electron chi connectivity index (χ1n) is 5.85. The molecule has 0 saturated heterocycles. The Bertz CT molecular complexity index is 691. The van der Waals surface area contributed by atoms with Crippen LogP contribution in [0.3, 0.4) is 0 Å². The van der Waals surface area contributed by atoms with Crippen LogP contribution in [-0.4, -0.2) is 0 Å². The highest BCUT2D eigenvalue weighted by Crippen LogP contribution is 2.31. The number of hydrogen-bond donors (Lipinski definition) is 1. The van der Waals surface area contributed by atoms with Gasteiger partial charge in [0.25, 0.3) is 0 Å². The van der Waals surface area contributed by atoms with Gasteiger partial charge in [0.15, 0.2) is 11.6 Å². The van der Waals surface area contributed by atoms with Crippen molar-refractivity contribution in [3.05, 3.63) is 63.1 Å². The van der Waals surface area contributed by atoms with Gasteiger partial charge in [0.05, 0.1) is 16.8 Å². The zero-order valence-corrected chi connectivity index (χ0v) is 12.2. The summed E-state index contributed by atoms with van der Waals surface area (Å²) in [7, 11) is 0. The molecule has 1 N–H and O–H groups in total. The maximum atomic E-state index is 13.6. The van der Waals surface area contributed by atoms with Crippen LogP contribution in [0.2, 0.25) is 10.0 Å². The molecule has 0 aliphatic carbocycles. The molecule has 0 spiro atoms. The molecular weight excluding hydrogens is 329 g/mol. The van der Waals surface area contributed by atoms with Crippen molar-refractivity contribution >= 4 is 28.9 Å². The molecule has 0 fully saturated rings. The average molecular weight is 338 g/mol. The Hall–Kier alpha value is -1.46. The van der Waals surface area contributed by atoms with Crippen molar-refractivity contribution < 1.29 is 17.6 Å². The lowest BCUT2D eigenvalue weighted by Gasteiger charge is -2.18. The molecule has 0 bridgehead atoms. The van der Waals surface area contributed by atoms with Crippen LogP contribution in [0.25, 0.3) is 0 Å². The number of nitrogens with one attached hydrogen (secondary N) is 1. The third-order valence-corrected chi connectivity index (χ3v) is 3.51. The summed E-state index contributed by atoms with van der Waals surface area (Å²) in [5, 5.41) is 2.63. The summed E-state index contributed by atoms with van der Waals surface area (Å²) >= 11 is 11.5. The largest absolute Gasteiger partial charge is 0.376 e. The van der Waals surface area contributed by atoms with E-state index in [1.165, 1.54) is 6.07 Å². The van der Waals surface area contributed by atoms with E-state index in [9.17, 15) is 17.6 Å². The molecule has 0 aliphatic heterocycles. The first kappa shape index (κ1) is 15.9. The zero-order valence-electron chi connectivity index (χ0n) is 10.7. The van der Waals surface area contributed by atoms with E-state index in [0.29, 0.717) is 17.7 Å². The van der Waals surface area contributed by atoms with Crippen LogP contribution in [0.1, 0.15) is 18.5 Å². The van der Waals surface area contributed by atoms with Crippen molar-refractivity contribution in [1.82, 2.24) is 0 Å². The number of rotatable bonds is 3. The topological polar surface area (TPSA) is 12.0 Å². The average Bonchev–Trinajstić information content (AvgIpc) is 2.40. The van der Waals surface area contributed by atoms with E-state index in [1.807, 2.05) is 0 Å². The Kier molecular flexibility index (Phi) is 4.64. The monoisotopic (exact) mass is 337 g/mol. The molecule has 2 rings (SSSR count). The summed E-state index contributed by atoms with van der Waals surface area (Å²) in [6.45, 7) is 1.56. The van der Waals surface area contributed by atoms with E-state index in [0.717, 1.165) is 6.07 Å². The van der Waals surface area contributed by atoms with E-state index in [1.54, 1.807) is 6.92 Å². The van der Waals surface area contributed by atoms with Gasteiger partial charge in [0.1, 0.15) is 11.6 Å². The predicted octanol–water partition coefficient (Wildman–Crippen LogP) is 5.72. The van der Waals surface area contributed by atoms with Gasteiger partial charge in [-0.3, -0.25) is 0 Å². The molecule has 0 radical (unpaired) electrons. The van der Waals surface area contributed by atoms with Gasteiger partial charge >= 0.3 is 0 Å². The third kappa shape index (κ3) is 3.41. The van der Waals surface area contributed by atoms with E-state index in [4.69, 9.17) is 23.2 Å². The number of anilines is 1. The summed E-state index contributed by atoms with van der Waals surface area (Å²) in [5.74, 6) is -4.14. The molecule has 1 unspecified atom stereocenters. The first-order valence-corrected chi connectivity index (χ1v) is 6.60. The van der Waals surface area contributed by atoms with Gasteiger partial charge in [-0.1, -0.05) is 23.2 Å². The van der Waals surface area contributed by atoms with Crippen molar-refractivity contribution in [2.24, 2.45) is 0 Å². The number of benzene rings is 2. The van der Waals surface area contributed by atoms with Gasteiger partial charge < -0.3 is 5.32 Å². The van der Waals surface area contributed by atoms with E-state index >= 15 is 0 Å². The molecule has 2 aromatic rings. The SMILES string of the molecule is CC(Nc1cc(F)c(F)cc1F)c1cc(F)c(Cl)cc1Cl. The van der Waals surface area contributed by atoms with E-state index in [-0.39, 0.29) is 15.7 Å². The summed E-state index contributed by atoms with van der Waals surface area (Å²) in [4.78, 5) is 0. The van der Waals surface area contributed by atoms with Gasteiger partial charge in [-0.2, -0.15) is 0 Å². The lowest BCUT2D eigenvalue weighted by atomic mass is 10.1. The molecule has 7 heteroatoms. The standard InChI is InChI=1S/C14H9Cl2F4N/c1-6(7-2-10(17)9(16)3-8(7)15)21-14-5-12(19)11(18)4-13(14)20/h2-6,21H,1H3.